The summed E-state index contributed by atoms with van der Waals surface area (Å²) in [5, 5.41) is 3.29. The summed E-state index contributed by atoms with van der Waals surface area (Å²) in [5.74, 6) is 1.66. The van der Waals surface area contributed by atoms with E-state index >= 15 is 0 Å². The molecule has 20 heavy (non-hydrogen) atoms. The quantitative estimate of drug-likeness (QED) is 0.873. The lowest BCUT2D eigenvalue weighted by Crippen LogP contribution is -2.11. The fourth-order valence-corrected chi connectivity index (χ4v) is 1.99. The molecule has 2 rings (SSSR count). The van der Waals surface area contributed by atoms with E-state index in [2.05, 4.69) is 12.2 Å². The SMILES string of the molecule is CCNCc1cc(COc2ccc(F)c(Cl)c2)oc1C. The molecular weight excluding hydrogens is 281 g/mol. The Labute approximate surface area is 122 Å². The Morgan fingerprint density at radius 3 is 2.85 bits per heavy atom. The van der Waals surface area contributed by atoms with Crippen LogP contribution in [0.25, 0.3) is 0 Å². The van der Waals surface area contributed by atoms with Crippen molar-refractivity contribution in [3.63, 3.8) is 0 Å². The lowest BCUT2D eigenvalue weighted by molar-refractivity contribution is 0.267. The molecule has 0 atom stereocenters. The number of aryl methyl sites for hydroxylation is 1. The number of hydrogen-bond donors (Lipinski definition) is 1. The minimum Gasteiger partial charge on any atom is -0.486 e. The zero-order chi connectivity index (χ0) is 14.5. The Bertz CT molecular complexity index is 583. The van der Waals surface area contributed by atoms with E-state index in [4.69, 9.17) is 20.8 Å². The molecular formula is C15H17ClFNO2. The Balaban J connectivity index is 1.98. The van der Waals surface area contributed by atoms with E-state index in [1.54, 1.807) is 0 Å². The van der Waals surface area contributed by atoms with Crippen molar-refractivity contribution in [1.82, 2.24) is 5.32 Å². The summed E-state index contributed by atoms with van der Waals surface area (Å²) in [7, 11) is 0. The Kier molecular flexibility index (Phi) is 5.04. The average Bonchev–Trinajstić information content (AvgIpc) is 2.78. The van der Waals surface area contributed by atoms with E-state index in [9.17, 15) is 4.39 Å². The summed E-state index contributed by atoms with van der Waals surface area (Å²) in [6.45, 7) is 5.94. The third kappa shape index (κ3) is 3.74. The van der Waals surface area contributed by atoms with E-state index in [0.29, 0.717) is 5.75 Å². The van der Waals surface area contributed by atoms with Gasteiger partial charge in [-0.05, 0) is 31.7 Å². The van der Waals surface area contributed by atoms with Crippen molar-refractivity contribution >= 4 is 11.6 Å². The van der Waals surface area contributed by atoms with Gasteiger partial charge in [-0.3, -0.25) is 0 Å². The van der Waals surface area contributed by atoms with E-state index < -0.39 is 5.82 Å². The first-order chi connectivity index (χ1) is 9.60. The standard InChI is InChI=1S/C15H17ClFNO2/c1-3-18-8-11-6-13(20-10(11)2)9-19-12-4-5-15(17)14(16)7-12/h4-7,18H,3,8-9H2,1-2H3. The van der Waals surface area contributed by atoms with E-state index in [-0.39, 0.29) is 11.6 Å². The zero-order valence-electron chi connectivity index (χ0n) is 11.5. The van der Waals surface area contributed by atoms with Gasteiger partial charge in [-0.1, -0.05) is 18.5 Å². The van der Waals surface area contributed by atoms with Gasteiger partial charge in [-0.25, -0.2) is 4.39 Å². The van der Waals surface area contributed by atoms with Crippen molar-refractivity contribution in [2.75, 3.05) is 6.54 Å². The van der Waals surface area contributed by atoms with Gasteiger partial charge in [0, 0.05) is 18.2 Å². The smallest absolute Gasteiger partial charge is 0.146 e. The fraction of sp³-hybridized carbons (Fsp3) is 0.333. The van der Waals surface area contributed by atoms with Crippen LogP contribution in [0.3, 0.4) is 0 Å². The van der Waals surface area contributed by atoms with E-state index in [0.717, 1.165) is 30.2 Å². The van der Waals surface area contributed by atoms with E-state index in [1.807, 2.05) is 13.0 Å². The number of ether oxygens (including phenoxy) is 1. The molecule has 0 aliphatic rings. The summed E-state index contributed by atoms with van der Waals surface area (Å²) in [6.07, 6.45) is 0. The van der Waals surface area contributed by atoms with Gasteiger partial charge in [0.15, 0.2) is 0 Å². The van der Waals surface area contributed by atoms with Crippen LogP contribution >= 0.6 is 11.6 Å². The molecule has 0 saturated heterocycles. The highest BCUT2D eigenvalue weighted by atomic mass is 35.5. The van der Waals surface area contributed by atoms with Gasteiger partial charge >= 0.3 is 0 Å². The Morgan fingerprint density at radius 1 is 1.35 bits per heavy atom. The molecule has 0 radical (unpaired) electrons. The molecule has 108 valence electrons. The molecule has 0 bridgehead atoms. The van der Waals surface area contributed by atoms with Crippen molar-refractivity contribution in [1.29, 1.82) is 0 Å². The molecule has 3 nitrogen and oxygen atoms in total. The number of rotatable bonds is 6. The number of nitrogens with one attached hydrogen (secondary N) is 1. The number of halogens is 2. The minimum absolute atomic E-state index is 0.0472. The monoisotopic (exact) mass is 297 g/mol. The molecule has 1 N–H and O–H groups in total. The van der Waals surface area contributed by atoms with Gasteiger partial charge < -0.3 is 14.5 Å². The summed E-state index contributed by atoms with van der Waals surface area (Å²) < 4.78 is 24.2. The Morgan fingerprint density at radius 2 is 2.15 bits per heavy atom. The fourth-order valence-electron chi connectivity index (χ4n) is 1.82. The maximum atomic E-state index is 13.0. The van der Waals surface area contributed by atoms with Crippen molar-refractivity contribution in [2.24, 2.45) is 0 Å². The second kappa shape index (κ2) is 6.77. The third-order valence-corrected chi connectivity index (χ3v) is 3.20. The highest BCUT2D eigenvalue weighted by Gasteiger charge is 2.08. The molecule has 0 amide bonds. The van der Waals surface area contributed by atoms with E-state index in [1.165, 1.54) is 18.2 Å². The van der Waals surface area contributed by atoms with Gasteiger partial charge in [0.2, 0.25) is 0 Å². The van der Waals surface area contributed by atoms with Crippen LogP contribution in [0.15, 0.2) is 28.7 Å². The van der Waals surface area contributed by atoms with Crippen LogP contribution in [0, 0.1) is 12.7 Å². The first-order valence-corrected chi connectivity index (χ1v) is 6.84. The largest absolute Gasteiger partial charge is 0.486 e. The molecule has 1 heterocycles. The average molecular weight is 298 g/mol. The van der Waals surface area contributed by atoms with Crippen molar-refractivity contribution in [3.8, 4) is 5.75 Å². The van der Waals surface area contributed by atoms with Crippen LogP contribution in [-0.4, -0.2) is 6.54 Å². The topological polar surface area (TPSA) is 34.4 Å². The maximum absolute atomic E-state index is 13.0. The highest BCUT2D eigenvalue weighted by molar-refractivity contribution is 6.30. The molecule has 0 spiro atoms. The maximum Gasteiger partial charge on any atom is 0.146 e. The molecule has 0 unspecified atom stereocenters. The lowest BCUT2D eigenvalue weighted by atomic mass is 10.2. The second-order valence-corrected chi connectivity index (χ2v) is 4.85. The summed E-state index contributed by atoms with van der Waals surface area (Å²) in [4.78, 5) is 0. The molecule has 1 aromatic heterocycles. The normalized spacial score (nSPS) is 10.8. The molecule has 2 aromatic rings. The summed E-state index contributed by atoms with van der Waals surface area (Å²) in [6, 6.07) is 6.23. The number of furan rings is 1. The van der Waals surface area contributed by atoms with Gasteiger partial charge in [-0.2, -0.15) is 0 Å². The van der Waals surface area contributed by atoms with Gasteiger partial charge in [0.25, 0.3) is 0 Å². The predicted octanol–water partition coefficient (Wildman–Crippen LogP) is 4.07. The zero-order valence-corrected chi connectivity index (χ0v) is 12.3. The van der Waals surface area contributed by atoms with Crippen LogP contribution in [0.1, 0.15) is 24.0 Å². The Hall–Kier alpha value is -1.52. The van der Waals surface area contributed by atoms with Crippen LogP contribution in [0.2, 0.25) is 5.02 Å². The molecule has 1 aromatic carbocycles. The van der Waals surface area contributed by atoms with Crippen LogP contribution < -0.4 is 10.1 Å². The molecule has 0 fully saturated rings. The molecule has 0 aliphatic heterocycles. The lowest BCUT2D eigenvalue weighted by Gasteiger charge is -2.04. The van der Waals surface area contributed by atoms with Crippen LogP contribution in [0.4, 0.5) is 4.39 Å². The molecule has 0 aliphatic carbocycles. The number of benzene rings is 1. The first kappa shape index (κ1) is 14.9. The molecule has 0 saturated carbocycles. The van der Waals surface area contributed by atoms with Crippen molar-refractivity contribution in [3.05, 3.63) is 52.2 Å². The van der Waals surface area contributed by atoms with Gasteiger partial charge in [0.1, 0.15) is 29.7 Å². The minimum atomic E-state index is -0.458. The predicted molar refractivity (Wildman–Crippen MR) is 76.6 cm³/mol. The molecule has 5 heteroatoms. The van der Waals surface area contributed by atoms with Crippen molar-refractivity contribution in [2.45, 2.75) is 27.0 Å². The third-order valence-electron chi connectivity index (χ3n) is 2.91. The highest BCUT2D eigenvalue weighted by Crippen LogP contribution is 2.23. The number of hydrogen-bond acceptors (Lipinski definition) is 3. The van der Waals surface area contributed by atoms with Gasteiger partial charge in [-0.15, -0.1) is 0 Å². The van der Waals surface area contributed by atoms with Crippen molar-refractivity contribution < 1.29 is 13.5 Å². The summed E-state index contributed by atoms with van der Waals surface area (Å²) >= 11 is 5.70. The first-order valence-electron chi connectivity index (χ1n) is 6.47. The van der Waals surface area contributed by atoms with Gasteiger partial charge in [0.05, 0.1) is 5.02 Å². The summed E-state index contributed by atoms with van der Waals surface area (Å²) in [5.41, 5.74) is 1.11. The second-order valence-electron chi connectivity index (χ2n) is 4.44. The van der Waals surface area contributed by atoms with Crippen LogP contribution in [0.5, 0.6) is 5.75 Å². The van der Waals surface area contributed by atoms with Crippen LogP contribution in [-0.2, 0) is 13.2 Å².